The second-order valence-corrected chi connectivity index (χ2v) is 9.49. The molecule has 172 valence electrons. The molecule has 33 heavy (non-hydrogen) atoms. The first-order chi connectivity index (χ1) is 15.8. The Morgan fingerprint density at radius 1 is 0.939 bits per heavy atom. The van der Waals surface area contributed by atoms with E-state index >= 15 is 0 Å². The fraction of sp³-hybridized carbons (Fsp3) is 0.208. The van der Waals surface area contributed by atoms with Crippen molar-refractivity contribution in [1.29, 1.82) is 0 Å². The Morgan fingerprint density at radius 3 is 2.39 bits per heavy atom. The van der Waals surface area contributed by atoms with Gasteiger partial charge >= 0.3 is 6.03 Å². The molecule has 0 aromatic heterocycles. The number of methoxy groups -OCH3 is 2. The van der Waals surface area contributed by atoms with E-state index in [2.05, 4.69) is 10.6 Å². The van der Waals surface area contributed by atoms with Gasteiger partial charge in [-0.1, -0.05) is 17.7 Å². The molecule has 0 bridgehead atoms. The van der Waals surface area contributed by atoms with E-state index in [0.29, 0.717) is 41.5 Å². The van der Waals surface area contributed by atoms with E-state index in [1.54, 1.807) is 67.8 Å². The van der Waals surface area contributed by atoms with Gasteiger partial charge in [-0.2, -0.15) is 0 Å². The molecular weight excluding hydrogens is 442 g/mol. The van der Waals surface area contributed by atoms with Crippen molar-refractivity contribution < 1.29 is 22.7 Å². The van der Waals surface area contributed by atoms with Gasteiger partial charge in [0.2, 0.25) is 0 Å². The molecule has 2 N–H and O–H groups in total. The average molecular weight is 468 g/mol. The molecule has 2 amide bonds. The molecule has 0 unspecified atom stereocenters. The van der Waals surface area contributed by atoms with Crippen LogP contribution in [0.1, 0.15) is 11.1 Å². The minimum atomic E-state index is -3.65. The predicted octanol–water partition coefficient (Wildman–Crippen LogP) is 4.41. The lowest BCUT2D eigenvalue weighted by Crippen LogP contribution is -2.29. The molecule has 0 radical (unpaired) electrons. The maximum absolute atomic E-state index is 13.1. The van der Waals surface area contributed by atoms with Crippen LogP contribution in [0, 0.1) is 6.92 Å². The van der Waals surface area contributed by atoms with E-state index in [4.69, 9.17) is 9.47 Å². The Hall–Kier alpha value is -3.72. The third kappa shape index (κ3) is 4.58. The summed E-state index contributed by atoms with van der Waals surface area (Å²) in [6.07, 6.45) is 0.557. The summed E-state index contributed by atoms with van der Waals surface area (Å²) in [5.41, 5.74) is 3.49. The molecule has 3 aromatic carbocycles. The number of carbonyl (C=O) groups is 1. The lowest BCUT2D eigenvalue weighted by Gasteiger charge is -2.20. The molecule has 9 heteroatoms. The monoisotopic (exact) mass is 467 g/mol. The molecule has 1 aliphatic rings. The Morgan fingerprint density at radius 2 is 1.70 bits per heavy atom. The van der Waals surface area contributed by atoms with Crippen molar-refractivity contribution in [2.75, 3.05) is 35.7 Å². The first-order valence-corrected chi connectivity index (χ1v) is 11.8. The number of benzene rings is 3. The SMILES string of the molecule is COc1ccc(OC)c(NC(=O)Nc2ccc3c(c2)CCN3S(=O)(=O)c2ccc(C)cc2)c1. The highest BCUT2D eigenvalue weighted by Crippen LogP contribution is 2.35. The summed E-state index contributed by atoms with van der Waals surface area (Å²) in [4.78, 5) is 12.8. The topological polar surface area (TPSA) is 97.0 Å². The Labute approximate surface area is 193 Å². The number of nitrogens with one attached hydrogen (secondary N) is 2. The quantitative estimate of drug-likeness (QED) is 0.560. The summed E-state index contributed by atoms with van der Waals surface area (Å²) >= 11 is 0. The zero-order valence-electron chi connectivity index (χ0n) is 18.6. The number of carbonyl (C=O) groups excluding carboxylic acids is 1. The summed E-state index contributed by atoms with van der Waals surface area (Å²) in [6, 6.07) is 16.7. The van der Waals surface area contributed by atoms with Crippen LogP contribution in [0.15, 0.2) is 65.6 Å². The van der Waals surface area contributed by atoms with Gasteiger partial charge < -0.3 is 20.1 Å². The number of fused-ring (bicyclic) bond motifs is 1. The lowest BCUT2D eigenvalue weighted by molar-refractivity contribution is 0.262. The number of sulfonamides is 1. The van der Waals surface area contributed by atoms with Crippen molar-refractivity contribution in [2.24, 2.45) is 0 Å². The van der Waals surface area contributed by atoms with Crippen LogP contribution >= 0.6 is 0 Å². The van der Waals surface area contributed by atoms with Gasteiger partial charge in [-0.15, -0.1) is 0 Å². The first kappa shape index (κ1) is 22.5. The van der Waals surface area contributed by atoms with Crippen LogP contribution in [0.5, 0.6) is 11.5 Å². The normalized spacial score (nSPS) is 12.8. The van der Waals surface area contributed by atoms with Crippen LogP contribution in [-0.2, 0) is 16.4 Å². The van der Waals surface area contributed by atoms with E-state index in [9.17, 15) is 13.2 Å². The molecular formula is C24H25N3O5S. The molecule has 4 rings (SSSR count). The van der Waals surface area contributed by atoms with E-state index in [0.717, 1.165) is 11.1 Å². The van der Waals surface area contributed by atoms with E-state index in [1.807, 2.05) is 6.92 Å². The highest BCUT2D eigenvalue weighted by molar-refractivity contribution is 7.92. The van der Waals surface area contributed by atoms with Gasteiger partial charge in [0.25, 0.3) is 10.0 Å². The Kier molecular flexibility index (Phi) is 6.15. The molecule has 0 aliphatic carbocycles. The average Bonchev–Trinajstić information content (AvgIpc) is 3.23. The van der Waals surface area contributed by atoms with Crippen LogP contribution in [0.2, 0.25) is 0 Å². The zero-order valence-corrected chi connectivity index (χ0v) is 19.4. The van der Waals surface area contributed by atoms with Gasteiger partial charge in [0.15, 0.2) is 0 Å². The zero-order chi connectivity index (χ0) is 23.6. The third-order valence-corrected chi connectivity index (χ3v) is 7.28. The minimum Gasteiger partial charge on any atom is -0.497 e. The number of amides is 2. The van der Waals surface area contributed by atoms with Gasteiger partial charge in [-0.3, -0.25) is 4.31 Å². The summed E-state index contributed by atoms with van der Waals surface area (Å²) in [5.74, 6) is 1.08. The molecule has 0 spiro atoms. The van der Waals surface area contributed by atoms with Crippen LogP contribution in [0.3, 0.4) is 0 Å². The molecule has 0 atom stereocenters. The smallest absolute Gasteiger partial charge is 0.323 e. The van der Waals surface area contributed by atoms with Gasteiger partial charge in [-0.05, 0) is 61.4 Å². The van der Waals surface area contributed by atoms with Crippen molar-refractivity contribution >= 4 is 33.1 Å². The predicted molar refractivity (Wildman–Crippen MR) is 128 cm³/mol. The maximum Gasteiger partial charge on any atom is 0.323 e. The number of aryl methyl sites for hydroxylation is 1. The van der Waals surface area contributed by atoms with Crippen molar-refractivity contribution in [3.63, 3.8) is 0 Å². The molecule has 1 heterocycles. The van der Waals surface area contributed by atoms with Crippen LogP contribution in [-0.4, -0.2) is 35.2 Å². The number of ether oxygens (including phenoxy) is 2. The van der Waals surface area contributed by atoms with Crippen LogP contribution in [0.25, 0.3) is 0 Å². The highest BCUT2D eigenvalue weighted by atomic mass is 32.2. The molecule has 3 aromatic rings. The fourth-order valence-corrected chi connectivity index (χ4v) is 5.24. The Balaban J connectivity index is 1.51. The minimum absolute atomic E-state index is 0.259. The molecule has 0 saturated carbocycles. The third-order valence-electron chi connectivity index (χ3n) is 5.45. The molecule has 8 nitrogen and oxygen atoms in total. The summed E-state index contributed by atoms with van der Waals surface area (Å²) in [5, 5.41) is 5.54. The highest BCUT2D eigenvalue weighted by Gasteiger charge is 2.31. The van der Waals surface area contributed by atoms with Crippen LogP contribution in [0.4, 0.5) is 21.9 Å². The summed E-state index contributed by atoms with van der Waals surface area (Å²) in [6.45, 7) is 2.26. The number of hydrogen-bond acceptors (Lipinski definition) is 5. The maximum atomic E-state index is 13.1. The number of rotatable bonds is 6. The lowest BCUT2D eigenvalue weighted by atomic mass is 10.1. The second-order valence-electron chi connectivity index (χ2n) is 7.63. The van der Waals surface area contributed by atoms with Crippen LogP contribution < -0.4 is 24.4 Å². The number of hydrogen-bond donors (Lipinski definition) is 2. The van der Waals surface area contributed by atoms with Crippen molar-refractivity contribution in [3.8, 4) is 11.5 Å². The van der Waals surface area contributed by atoms with Gasteiger partial charge in [-0.25, -0.2) is 13.2 Å². The fourth-order valence-electron chi connectivity index (χ4n) is 3.73. The number of nitrogens with zero attached hydrogens (tertiary/aromatic N) is 1. The van der Waals surface area contributed by atoms with E-state index < -0.39 is 16.1 Å². The molecule has 0 saturated heterocycles. The summed E-state index contributed by atoms with van der Waals surface area (Å²) < 4.78 is 38.1. The number of anilines is 3. The van der Waals surface area contributed by atoms with Gasteiger partial charge in [0, 0.05) is 18.3 Å². The molecule has 1 aliphatic heterocycles. The summed E-state index contributed by atoms with van der Waals surface area (Å²) in [7, 11) is -0.596. The van der Waals surface area contributed by atoms with Crippen molar-refractivity contribution in [3.05, 3.63) is 71.8 Å². The number of urea groups is 1. The van der Waals surface area contributed by atoms with E-state index in [-0.39, 0.29) is 4.90 Å². The molecule has 0 fully saturated rings. The van der Waals surface area contributed by atoms with Crippen molar-refractivity contribution in [2.45, 2.75) is 18.2 Å². The first-order valence-electron chi connectivity index (χ1n) is 10.3. The van der Waals surface area contributed by atoms with Gasteiger partial charge in [0.05, 0.1) is 30.5 Å². The van der Waals surface area contributed by atoms with Gasteiger partial charge in [0.1, 0.15) is 11.5 Å². The van der Waals surface area contributed by atoms with E-state index in [1.165, 1.54) is 11.4 Å². The largest absolute Gasteiger partial charge is 0.497 e. The van der Waals surface area contributed by atoms with Crippen molar-refractivity contribution in [1.82, 2.24) is 0 Å². The standard InChI is InChI=1S/C24H25N3O5S/c1-16-4-8-20(9-5-16)33(29,30)27-13-12-17-14-18(6-10-22(17)27)25-24(28)26-21-15-19(31-2)7-11-23(21)32-3/h4-11,14-15H,12-13H2,1-3H3,(H2,25,26,28). The second kappa shape index (κ2) is 9.03. The Bertz CT molecular complexity index is 1290.